The second-order valence-corrected chi connectivity index (χ2v) is 7.95. The number of nitrogens with zero attached hydrogens (tertiary/aromatic N) is 3. The van der Waals surface area contributed by atoms with E-state index in [2.05, 4.69) is 53.5 Å². The van der Waals surface area contributed by atoms with Gasteiger partial charge in [0.15, 0.2) is 0 Å². The molecule has 1 aliphatic rings. The van der Waals surface area contributed by atoms with Crippen molar-refractivity contribution in [2.75, 3.05) is 39.8 Å². The van der Waals surface area contributed by atoms with E-state index in [0.29, 0.717) is 0 Å². The number of likely N-dealkylation sites (N-methyl/N-ethyl adjacent to an activating group) is 1. The van der Waals surface area contributed by atoms with Gasteiger partial charge in [-0.15, -0.1) is 0 Å². The molecule has 1 aliphatic heterocycles. The van der Waals surface area contributed by atoms with Crippen molar-refractivity contribution >= 4 is 10.9 Å². The van der Waals surface area contributed by atoms with Crippen molar-refractivity contribution in [2.24, 2.45) is 0 Å². The maximum absolute atomic E-state index is 6.04. The van der Waals surface area contributed by atoms with Gasteiger partial charge in [-0.05, 0) is 69.8 Å². The predicted molar refractivity (Wildman–Crippen MR) is 116 cm³/mol. The third kappa shape index (κ3) is 4.08. The number of ether oxygens (including phenoxy) is 1. The van der Waals surface area contributed by atoms with Crippen LogP contribution in [0.4, 0.5) is 0 Å². The fraction of sp³-hybridized carbons (Fsp3) is 0.417. The van der Waals surface area contributed by atoms with Crippen molar-refractivity contribution in [1.82, 2.24) is 14.4 Å². The van der Waals surface area contributed by atoms with E-state index >= 15 is 0 Å². The van der Waals surface area contributed by atoms with Crippen molar-refractivity contribution in [3.63, 3.8) is 0 Å². The summed E-state index contributed by atoms with van der Waals surface area (Å²) in [6.07, 6.45) is 1.19. The number of para-hydroxylation sites is 1. The summed E-state index contributed by atoms with van der Waals surface area (Å²) in [4.78, 5) is 5.01. The molecule has 1 saturated heterocycles. The monoisotopic (exact) mass is 377 g/mol. The van der Waals surface area contributed by atoms with Gasteiger partial charge in [-0.2, -0.15) is 0 Å². The zero-order valence-corrected chi connectivity index (χ0v) is 17.3. The van der Waals surface area contributed by atoms with Crippen LogP contribution in [0, 0.1) is 13.8 Å². The first-order valence-corrected chi connectivity index (χ1v) is 10.3. The quantitative estimate of drug-likeness (QED) is 0.622. The van der Waals surface area contributed by atoms with Crippen LogP contribution < -0.4 is 4.74 Å². The van der Waals surface area contributed by atoms with Crippen LogP contribution in [0.15, 0.2) is 48.5 Å². The van der Waals surface area contributed by atoms with Gasteiger partial charge in [-0.3, -0.25) is 0 Å². The van der Waals surface area contributed by atoms with Gasteiger partial charge >= 0.3 is 0 Å². The van der Waals surface area contributed by atoms with E-state index in [1.807, 2.05) is 30.3 Å². The summed E-state index contributed by atoms with van der Waals surface area (Å²) < 4.78 is 8.52. The van der Waals surface area contributed by atoms with Crippen molar-refractivity contribution < 1.29 is 4.74 Å². The first-order valence-electron chi connectivity index (χ1n) is 10.3. The summed E-state index contributed by atoms with van der Waals surface area (Å²) in [5.74, 6) is 1.78. The minimum Gasteiger partial charge on any atom is -0.457 e. The lowest BCUT2D eigenvalue weighted by molar-refractivity contribution is 0.151. The van der Waals surface area contributed by atoms with Gasteiger partial charge in [0, 0.05) is 49.3 Å². The summed E-state index contributed by atoms with van der Waals surface area (Å²) in [5.41, 5.74) is 4.03. The Morgan fingerprint density at radius 2 is 1.61 bits per heavy atom. The van der Waals surface area contributed by atoms with Crippen molar-refractivity contribution in [3.05, 3.63) is 59.8 Å². The molecule has 0 aliphatic carbocycles. The molecule has 4 nitrogen and oxygen atoms in total. The lowest BCUT2D eigenvalue weighted by Crippen LogP contribution is -2.44. The molecule has 3 aromatic rings. The van der Waals surface area contributed by atoms with E-state index in [1.54, 1.807) is 0 Å². The smallest absolute Gasteiger partial charge is 0.128 e. The molecule has 4 rings (SSSR count). The Morgan fingerprint density at radius 1 is 0.857 bits per heavy atom. The number of benzene rings is 2. The van der Waals surface area contributed by atoms with Crippen molar-refractivity contribution in [3.8, 4) is 11.5 Å². The fourth-order valence-corrected chi connectivity index (χ4v) is 4.13. The molecule has 0 bridgehead atoms. The number of fused-ring (bicyclic) bond motifs is 1. The third-order valence-corrected chi connectivity index (χ3v) is 6.04. The van der Waals surface area contributed by atoms with Gasteiger partial charge in [0.1, 0.15) is 11.5 Å². The van der Waals surface area contributed by atoms with Crippen LogP contribution >= 0.6 is 0 Å². The molecular weight excluding hydrogens is 346 g/mol. The molecule has 2 aromatic carbocycles. The van der Waals surface area contributed by atoms with Crippen LogP contribution in [-0.4, -0.2) is 54.1 Å². The molecule has 0 atom stereocenters. The zero-order valence-electron chi connectivity index (χ0n) is 17.3. The molecule has 4 heteroatoms. The van der Waals surface area contributed by atoms with Gasteiger partial charge in [-0.1, -0.05) is 18.2 Å². The highest BCUT2D eigenvalue weighted by atomic mass is 16.5. The Labute approximate surface area is 168 Å². The molecule has 148 valence electrons. The molecule has 0 radical (unpaired) electrons. The van der Waals surface area contributed by atoms with E-state index in [1.165, 1.54) is 61.3 Å². The number of hydrogen-bond donors (Lipinski definition) is 0. The van der Waals surface area contributed by atoms with Crippen LogP contribution in [0.2, 0.25) is 0 Å². The second-order valence-electron chi connectivity index (χ2n) is 7.95. The minimum atomic E-state index is 0.878. The lowest BCUT2D eigenvalue weighted by atomic mass is 10.1. The van der Waals surface area contributed by atoms with Crippen LogP contribution in [0.1, 0.15) is 17.7 Å². The summed E-state index contributed by atoms with van der Waals surface area (Å²) in [6, 6.07) is 16.5. The normalized spacial score (nSPS) is 16.0. The maximum Gasteiger partial charge on any atom is 0.128 e. The first-order chi connectivity index (χ1) is 13.6. The number of piperazine rings is 1. The zero-order chi connectivity index (χ0) is 19.5. The highest BCUT2D eigenvalue weighted by Gasteiger charge is 2.15. The van der Waals surface area contributed by atoms with Crippen molar-refractivity contribution in [1.29, 1.82) is 0 Å². The fourth-order valence-electron chi connectivity index (χ4n) is 4.13. The SMILES string of the molecule is Cc1c(C)n(CCCN2CCN(C)CC2)c2ccc(Oc3ccccc3)cc12. The van der Waals surface area contributed by atoms with Gasteiger partial charge in [0.2, 0.25) is 0 Å². The standard InChI is InChI=1S/C24H31N3O/c1-19-20(2)27(13-7-12-26-16-14-25(3)15-17-26)24-11-10-22(18-23(19)24)28-21-8-5-4-6-9-21/h4-6,8-11,18H,7,12-17H2,1-3H3. The average molecular weight is 378 g/mol. The second kappa shape index (κ2) is 8.38. The first kappa shape index (κ1) is 19.0. The number of rotatable bonds is 6. The average Bonchev–Trinajstić information content (AvgIpc) is 2.95. The van der Waals surface area contributed by atoms with Gasteiger partial charge in [0.05, 0.1) is 0 Å². The molecule has 0 amide bonds. The number of aryl methyl sites for hydroxylation is 2. The van der Waals surface area contributed by atoms with E-state index in [4.69, 9.17) is 4.74 Å². The minimum absolute atomic E-state index is 0.878. The van der Waals surface area contributed by atoms with Crippen LogP contribution in [0.5, 0.6) is 11.5 Å². The van der Waals surface area contributed by atoms with E-state index in [0.717, 1.165) is 18.0 Å². The summed E-state index contributed by atoms with van der Waals surface area (Å²) in [6.45, 7) is 11.5. The Balaban J connectivity index is 1.47. The molecule has 1 fully saturated rings. The summed E-state index contributed by atoms with van der Waals surface area (Å²) in [7, 11) is 2.21. The van der Waals surface area contributed by atoms with E-state index in [9.17, 15) is 0 Å². The molecule has 0 spiro atoms. The Kier molecular flexibility index (Phi) is 5.69. The van der Waals surface area contributed by atoms with Crippen molar-refractivity contribution in [2.45, 2.75) is 26.8 Å². The van der Waals surface area contributed by atoms with E-state index in [-0.39, 0.29) is 0 Å². The highest BCUT2D eigenvalue weighted by molar-refractivity contribution is 5.86. The van der Waals surface area contributed by atoms with Gasteiger partial charge < -0.3 is 19.1 Å². The number of hydrogen-bond acceptors (Lipinski definition) is 3. The molecule has 28 heavy (non-hydrogen) atoms. The molecule has 0 saturated carbocycles. The molecule has 1 aromatic heterocycles. The maximum atomic E-state index is 6.04. The Bertz CT molecular complexity index is 924. The Hall–Kier alpha value is -2.30. The molecular formula is C24H31N3O. The molecule has 2 heterocycles. The van der Waals surface area contributed by atoms with E-state index < -0.39 is 0 Å². The number of aromatic nitrogens is 1. The molecule has 0 N–H and O–H groups in total. The van der Waals surface area contributed by atoms with Crippen LogP contribution in [0.25, 0.3) is 10.9 Å². The summed E-state index contributed by atoms with van der Waals surface area (Å²) in [5, 5.41) is 1.30. The Morgan fingerprint density at radius 3 is 2.36 bits per heavy atom. The topological polar surface area (TPSA) is 20.6 Å². The highest BCUT2D eigenvalue weighted by Crippen LogP contribution is 2.31. The predicted octanol–water partition coefficient (Wildman–Crippen LogP) is 4.69. The third-order valence-electron chi connectivity index (χ3n) is 6.04. The summed E-state index contributed by atoms with van der Waals surface area (Å²) >= 11 is 0. The molecule has 0 unspecified atom stereocenters. The van der Waals surface area contributed by atoms with Gasteiger partial charge in [-0.25, -0.2) is 0 Å². The van der Waals surface area contributed by atoms with Gasteiger partial charge in [0.25, 0.3) is 0 Å². The van der Waals surface area contributed by atoms with Crippen LogP contribution in [-0.2, 0) is 6.54 Å². The lowest BCUT2D eigenvalue weighted by Gasteiger charge is -2.32. The van der Waals surface area contributed by atoms with Crippen LogP contribution in [0.3, 0.4) is 0 Å². The largest absolute Gasteiger partial charge is 0.457 e.